The Morgan fingerprint density at radius 1 is 1.16 bits per heavy atom. The molecule has 0 radical (unpaired) electrons. The predicted octanol–water partition coefficient (Wildman–Crippen LogP) is 3.28. The molecule has 0 aliphatic heterocycles. The Morgan fingerprint density at radius 2 is 1.84 bits per heavy atom. The van der Waals surface area contributed by atoms with Gasteiger partial charge in [0.2, 0.25) is 0 Å². The fourth-order valence-electron chi connectivity index (χ4n) is 2.28. The molecule has 2 rings (SSSR count). The van der Waals surface area contributed by atoms with E-state index in [1.165, 1.54) is 18.2 Å². The standard InChI is InChI=1S/C15H16F2N2/c1-3-15(18,14-7-5-12(17)9-19-14)13-6-4-11(16)8-10(13)2/h4-9H,3,18H2,1-2H3. The molecule has 1 atom stereocenters. The van der Waals surface area contributed by atoms with Crippen LogP contribution in [0.25, 0.3) is 0 Å². The summed E-state index contributed by atoms with van der Waals surface area (Å²) in [6.45, 7) is 3.73. The van der Waals surface area contributed by atoms with E-state index in [2.05, 4.69) is 4.98 Å². The number of halogens is 2. The number of hydrogen-bond donors (Lipinski definition) is 1. The quantitative estimate of drug-likeness (QED) is 0.922. The highest BCUT2D eigenvalue weighted by Gasteiger charge is 2.30. The molecule has 2 nitrogen and oxygen atoms in total. The minimum absolute atomic E-state index is 0.299. The van der Waals surface area contributed by atoms with Gasteiger partial charge in [0.15, 0.2) is 0 Å². The maximum atomic E-state index is 13.2. The number of pyridine rings is 1. The first kappa shape index (κ1) is 13.6. The molecule has 0 saturated carbocycles. The molecule has 0 fully saturated rings. The van der Waals surface area contributed by atoms with Gasteiger partial charge < -0.3 is 5.73 Å². The van der Waals surface area contributed by atoms with Crippen molar-refractivity contribution >= 4 is 0 Å². The SMILES string of the molecule is CCC(N)(c1ccc(F)cn1)c1ccc(F)cc1C. The van der Waals surface area contributed by atoms with Crippen LogP contribution in [0.5, 0.6) is 0 Å². The van der Waals surface area contributed by atoms with E-state index in [9.17, 15) is 8.78 Å². The monoisotopic (exact) mass is 262 g/mol. The maximum absolute atomic E-state index is 13.2. The third-order valence-corrected chi connectivity index (χ3v) is 3.41. The third-order valence-electron chi connectivity index (χ3n) is 3.41. The van der Waals surface area contributed by atoms with Crippen molar-refractivity contribution in [2.75, 3.05) is 0 Å². The van der Waals surface area contributed by atoms with Gasteiger partial charge in [-0.25, -0.2) is 8.78 Å². The molecule has 2 aromatic rings. The molecule has 19 heavy (non-hydrogen) atoms. The predicted molar refractivity (Wildman–Crippen MR) is 70.6 cm³/mol. The first-order valence-corrected chi connectivity index (χ1v) is 6.15. The smallest absolute Gasteiger partial charge is 0.141 e. The van der Waals surface area contributed by atoms with E-state index in [0.717, 1.165) is 17.3 Å². The van der Waals surface area contributed by atoms with Crippen molar-refractivity contribution in [1.29, 1.82) is 0 Å². The van der Waals surface area contributed by atoms with Gasteiger partial charge in [-0.15, -0.1) is 0 Å². The number of rotatable bonds is 3. The summed E-state index contributed by atoms with van der Waals surface area (Å²) < 4.78 is 26.1. The average Bonchev–Trinajstić information content (AvgIpc) is 2.38. The zero-order valence-corrected chi connectivity index (χ0v) is 11.0. The van der Waals surface area contributed by atoms with Crippen LogP contribution in [0, 0.1) is 18.6 Å². The van der Waals surface area contributed by atoms with Gasteiger partial charge in [-0.3, -0.25) is 4.98 Å². The topological polar surface area (TPSA) is 38.9 Å². The van der Waals surface area contributed by atoms with Crippen molar-refractivity contribution in [2.45, 2.75) is 25.8 Å². The molecule has 0 aliphatic rings. The van der Waals surface area contributed by atoms with Crippen LogP contribution < -0.4 is 5.73 Å². The minimum Gasteiger partial charge on any atom is -0.316 e. The van der Waals surface area contributed by atoms with Crippen molar-refractivity contribution in [2.24, 2.45) is 5.73 Å². The highest BCUT2D eigenvalue weighted by molar-refractivity contribution is 5.39. The molecule has 1 aromatic carbocycles. The van der Waals surface area contributed by atoms with E-state index in [1.54, 1.807) is 19.1 Å². The number of benzene rings is 1. The van der Waals surface area contributed by atoms with E-state index in [0.29, 0.717) is 12.1 Å². The summed E-state index contributed by atoms with van der Waals surface area (Å²) in [5.41, 5.74) is 7.73. The Morgan fingerprint density at radius 3 is 2.37 bits per heavy atom. The van der Waals surface area contributed by atoms with Crippen LogP contribution in [0.2, 0.25) is 0 Å². The highest BCUT2D eigenvalue weighted by atomic mass is 19.1. The maximum Gasteiger partial charge on any atom is 0.141 e. The van der Waals surface area contributed by atoms with Crippen molar-refractivity contribution in [3.63, 3.8) is 0 Å². The van der Waals surface area contributed by atoms with E-state index in [1.807, 2.05) is 6.92 Å². The number of hydrogen-bond acceptors (Lipinski definition) is 2. The Kier molecular flexibility index (Phi) is 3.62. The first-order valence-electron chi connectivity index (χ1n) is 6.15. The summed E-state index contributed by atoms with van der Waals surface area (Å²) >= 11 is 0. The van der Waals surface area contributed by atoms with Gasteiger partial charge in [0.1, 0.15) is 11.6 Å². The second-order valence-corrected chi connectivity index (χ2v) is 4.65. The molecule has 0 aliphatic carbocycles. The Bertz CT molecular complexity index is 581. The summed E-state index contributed by atoms with van der Waals surface area (Å²) in [5.74, 6) is -0.704. The molecule has 0 amide bonds. The first-order chi connectivity index (χ1) is 8.97. The van der Waals surface area contributed by atoms with Gasteiger partial charge >= 0.3 is 0 Å². The molecule has 0 bridgehead atoms. The molecule has 1 unspecified atom stereocenters. The molecule has 4 heteroatoms. The lowest BCUT2D eigenvalue weighted by Crippen LogP contribution is -2.39. The van der Waals surface area contributed by atoms with Gasteiger partial charge in [0.25, 0.3) is 0 Å². The van der Waals surface area contributed by atoms with Crippen LogP contribution in [0.3, 0.4) is 0 Å². The lowest BCUT2D eigenvalue weighted by Gasteiger charge is -2.29. The molecule has 1 aromatic heterocycles. The van der Waals surface area contributed by atoms with Crippen molar-refractivity contribution < 1.29 is 8.78 Å². The highest BCUT2D eigenvalue weighted by Crippen LogP contribution is 2.31. The molecule has 100 valence electrons. The molecular weight excluding hydrogens is 246 g/mol. The van der Waals surface area contributed by atoms with Crippen molar-refractivity contribution in [3.05, 3.63) is 65.0 Å². The van der Waals surface area contributed by atoms with Gasteiger partial charge in [-0.05, 0) is 48.7 Å². The van der Waals surface area contributed by atoms with E-state index in [-0.39, 0.29) is 5.82 Å². The number of aromatic nitrogens is 1. The second-order valence-electron chi connectivity index (χ2n) is 4.65. The van der Waals surface area contributed by atoms with Crippen molar-refractivity contribution in [3.8, 4) is 0 Å². The van der Waals surface area contributed by atoms with Crippen LogP contribution in [0.1, 0.15) is 30.2 Å². The number of nitrogens with two attached hydrogens (primary N) is 1. The number of nitrogens with zero attached hydrogens (tertiary/aromatic N) is 1. The largest absolute Gasteiger partial charge is 0.316 e. The fraction of sp³-hybridized carbons (Fsp3) is 0.267. The fourth-order valence-corrected chi connectivity index (χ4v) is 2.28. The molecular formula is C15H16F2N2. The van der Waals surface area contributed by atoms with Crippen LogP contribution in [-0.4, -0.2) is 4.98 Å². The van der Waals surface area contributed by atoms with Crippen LogP contribution >= 0.6 is 0 Å². The summed E-state index contributed by atoms with van der Waals surface area (Å²) in [6.07, 6.45) is 1.73. The molecule has 1 heterocycles. The number of aryl methyl sites for hydroxylation is 1. The van der Waals surface area contributed by atoms with Crippen LogP contribution in [0.15, 0.2) is 36.5 Å². The Balaban J connectivity index is 2.56. The van der Waals surface area contributed by atoms with E-state index < -0.39 is 11.4 Å². The minimum atomic E-state index is -0.842. The van der Waals surface area contributed by atoms with E-state index in [4.69, 9.17) is 5.73 Å². The van der Waals surface area contributed by atoms with Crippen LogP contribution in [-0.2, 0) is 5.54 Å². The van der Waals surface area contributed by atoms with Gasteiger partial charge in [0, 0.05) is 0 Å². The molecule has 0 spiro atoms. The van der Waals surface area contributed by atoms with Gasteiger partial charge in [-0.1, -0.05) is 13.0 Å². The lowest BCUT2D eigenvalue weighted by molar-refractivity contribution is 0.494. The summed E-state index contributed by atoms with van der Waals surface area (Å²) in [6, 6.07) is 7.39. The van der Waals surface area contributed by atoms with Crippen molar-refractivity contribution in [1.82, 2.24) is 4.98 Å². The zero-order valence-electron chi connectivity index (χ0n) is 11.0. The molecule has 0 saturated heterocycles. The van der Waals surface area contributed by atoms with E-state index >= 15 is 0 Å². The van der Waals surface area contributed by atoms with Gasteiger partial charge in [0.05, 0.1) is 17.4 Å². The normalized spacial score (nSPS) is 14.2. The Labute approximate surface area is 111 Å². The van der Waals surface area contributed by atoms with Gasteiger partial charge in [-0.2, -0.15) is 0 Å². The Hall–Kier alpha value is -1.81. The molecule has 2 N–H and O–H groups in total. The average molecular weight is 262 g/mol. The summed E-state index contributed by atoms with van der Waals surface area (Å²) in [4.78, 5) is 4.07. The second kappa shape index (κ2) is 5.05. The lowest BCUT2D eigenvalue weighted by atomic mass is 9.82. The zero-order chi connectivity index (χ0) is 14.0. The summed E-state index contributed by atoms with van der Waals surface area (Å²) in [7, 11) is 0. The third kappa shape index (κ3) is 2.49. The summed E-state index contributed by atoms with van der Waals surface area (Å²) in [5, 5.41) is 0. The van der Waals surface area contributed by atoms with Crippen LogP contribution in [0.4, 0.5) is 8.78 Å².